The standard InChI is InChI=1S/C27H35N3O5/c1-6-30-18(3)21(25(19(30)4)27(33)35-7-2)12-13-24(31)29-16-14-20(15-17-29)26(32)28-22-10-8-9-11-23(22)34-5/h8-13,20H,6-7,14-17H2,1-5H3,(H,28,32)/b13-12+. The smallest absolute Gasteiger partial charge is 0.340 e. The number of likely N-dealkylation sites (tertiary alicyclic amines) is 1. The van der Waals surface area contributed by atoms with Gasteiger partial charge in [0.05, 0.1) is 25.0 Å². The number of nitrogens with one attached hydrogen (secondary N) is 1. The van der Waals surface area contributed by atoms with E-state index >= 15 is 0 Å². The summed E-state index contributed by atoms with van der Waals surface area (Å²) in [5.74, 6) is -0.141. The Balaban J connectivity index is 1.65. The van der Waals surface area contributed by atoms with Crippen LogP contribution in [0, 0.1) is 19.8 Å². The van der Waals surface area contributed by atoms with Gasteiger partial charge < -0.3 is 24.3 Å². The van der Waals surface area contributed by atoms with E-state index < -0.39 is 0 Å². The molecule has 1 N–H and O–H groups in total. The molecule has 0 bridgehead atoms. The fourth-order valence-electron chi connectivity index (χ4n) is 4.65. The second-order valence-electron chi connectivity index (χ2n) is 8.55. The van der Waals surface area contributed by atoms with Crippen LogP contribution in [-0.2, 0) is 20.9 Å². The number of amides is 2. The number of rotatable bonds is 8. The lowest BCUT2D eigenvalue weighted by Gasteiger charge is -2.30. The molecular weight excluding hydrogens is 446 g/mol. The molecule has 35 heavy (non-hydrogen) atoms. The zero-order valence-corrected chi connectivity index (χ0v) is 21.2. The number of hydrogen-bond donors (Lipinski definition) is 1. The highest BCUT2D eigenvalue weighted by atomic mass is 16.5. The van der Waals surface area contributed by atoms with Crippen LogP contribution in [0.5, 0.6) is 5.75 Å². The lowest BCUT2D eigenvalue weighted by Crippen LogP contribution is -2.40. The Labute approximate surface area is 206 Å². The van der Waals surface area contributed by atoms with Crippen LogP contribution in [0.15, 0.2) is 30.3 Å². The summed E-state index contributed by atoms with van der Waals surface area (Å²) in [7, 11) is 1.57. The number of hydrogen-bond acceptors (Lipinski definition) is 5. The number of methoxy groups -OCH3 is 1. The van der Waals surface area contributed by atoms with E-state index in [0.717, 1.165) is 17.9 Å². The summed E-state index contributed by atoms with van der Waals surface area (Å²) in [4.78, 5) is 40.0. The van der Waals surface area contributed by atoms with Crippen LogP contribution in [0.3, 0.4) is 0 Å². The average molecular weight is 482 g/mol. The Morgan fingerprint density at radius 3 is 2.40 bits per heavy atom. The maximum absolute atomic E-state index is 12.9. The molecule has 0 radical (unpaired) electrons. The summed E-state index contributed by atoms with van der Waals surface area (Å²) < 4.78 is 12.6. The molecule has 3 rings (SSSR count). The molecule has 2 heterocycles. The Bertz CT molecular complexity index is 1110. The number of nitrogens with zero attached hydrogens (tertiary/aromatic N) is 2. The second kappa shape index (κ2) is 11.7. The van der Waals surface area contributed by atoms with Gasteiger partial charge in [0.15, 0.2) is 0 Å². The molecule has 0 atom stereocenters. The molecule has 2 amide bonds. The zero-order chi connectivity index (χ0) is 25.5. The average Bonchev–Trinajstić information content (AvgIpc) is 3.11. The highest BCUT2D eigenvalue weighted by Gasteiger charge is 2.27. The highest BCUT2D eigenvalue weighted by molar-refractivity contribution is 5.99. The minimum absolute atomic E-state index is 0.0665. The van der Waals surface area contributed by atoms with Crippen molar-refractivity contribution in [3.8, 4) is 5.75 Å². The molecule has 0 spiro atoms. The van der Waals surface area contributed by atoms with Crippen molar-refractivity contribution in [3.05, 3.63) is 52.9 Å². The highest BCUT2D eigenvalue weighted by Crippen LogP contribution is 2.27. The van der Waals surface area contributed by atoms with E-state index in [1.807, 2.05) is 37.5 Å². The summed E-state index contributed by atoms with van der Waals surface area (Å²) in [5.41, 5.74) is 3.61. The van der Waals surface area contributed by atoms with Crippen LogP contribution in [0.2, 0.25) is 0 Å². The van der Waals surface area contributed by atoms with E-state index in [4.69, 9.17) is 9.47 Å². The van der Waals surface area contributed by atoms with E-state index in [-0.39, 0.29) is 30.3 Å². The Morgan fingerprint density at radius 1 is 1.09 bits per heavy atom. The molecule has 1 aromatic carbocycles. The molecule has 188 valence electrons. The Morgan fingerprint density at radius 2 is 1.77 bits per heavy atom. The van der Waals surface area contributed by atoms with Crippen molar-refractivity contribution in [3.63, 3.8) is 0 Å². The number of carbonyl (C=O) groups is 3. The van der Waals surface area contributed by atoms with Crippen molar-refractivity contribution in [2.24, 2.45) is 5.92 Å². The minimum atomic E-state index is -0.380. The number of para-hydroxylation sites is 2. The molecule has 0 aliphatic carbocycles. The molecular formula is C27H35N3O5. The third kappa shape index (κ3) is 5.75. The van der Waals surface area contributed by atoms with Gasteiger partial charge in [-0.05, 0) is 58.7 Å². The number of aromatic nitrogens is 1. The van der Waals surface area contributed by atoms with Gasteiger partial charge in [-0.2, -0.15) is 0 Å². The molecule has 1 saturated heterocycles. The van der Waals surface area contributed by atoms with Crippen LogP contribution < -0.4 is 10.1 Å². The molecule has 0 unspecified atom stereocenters. The van der Waals surface area contributed by atoms with E-state index in [9.17, 15) is 14.4 Å². The van der Waals surface area contributed by atoms with Gasteiger partial charge in [-0.25, -0.2) is 4.79 Å². The van der Waals surface area contributed by atoms with Gasteiger partial charge in [-0.15, -0.1) is 0 Å². The molecule has 2 aromatic rings. The van der Waals surface area contributed by atoms with E-state index in [1.54, 1.807) is 37.1 Å². The van der Waals surface area contributed by atoms with E-state index in [0.29, 0.717) is 48.5 Å². The number of benzene rings is 1. The SMILES string of the molecule is CCOC(=O)c1c(/C=C/C(=O)N2CCC(C(=O)Nc3ccccc3OC)CC2)c(C)n(CC)c1C. The summed E-state index contributed by atoms with van der Waals surface area (Å²) in [5, 5.41) is 2.94. The maximum Gasteiger partial charge on any atom is 0.340 e. The fraction of sp³-hybridized carbons (Fsp3) is 0.444. The second-order valence-corrected chi connectivity index (χ2v) is 8.55. The third-order valence-electron chi connectivity index (χ3n) is 6.56. The lowest BCUT2D eigenvalue weighted by atomic mass is 9.95. The van der Waals surface area contributed by atoms with Crippen molar-refractivity contribution in [2.45, 2.75) is 47.1 Å². The maximum atomic E-state index is 12.9. The van der Waals surface area contributed by atoms with Gasteiger partial charge in [-0.1, -0.05) is 12.1 Å². The first-order valence-corrected chi connectivity index (χ1v) is 12.1. The normalized spacial score (nSPS) is 14.3. The first kappa shape index (κ1) is 26.1. The number of esters is 1. The van der Waals surface area contributed by atoms with Crippen molar-refractivity contribution in [2.75, 3.05) is 32.1 Å². The first-order valence-electron chi connectivity index (χ1n) is 12.1. The van der Waals surface area contributed by atoms with Gasteiger partial charge in [0.25, 0.3) is 0 Å². The monoisotopic (exact) mass is 481 g/mol. The van der Waals surface area contributed by atoms with Gasteiger partial charge in [-0.3, -0.25) is 9.59 Å². The van der Waals surface area contributed by atoms with Crippen LogP contribution >= 0.6 is 0 Å². The van der Waals surface area contributed by atoms with Crippen molar-refractivity contribution in [1.29, 1.82) is 0 Å². The molecule has 1 aliphatic rings. The molecule has 1 aromatic heterocycles. The summed E-state index contributed by atoms with van der Waals surface area (Å²) in [6, 6.07) is 7.30. The summed E-state index contributed by atoms with van der Waals surface area (Å²) in [6.07, 6.45) is 4.39. The number of anilines is 1. The Kier molecular flexibility index (Phi) is 8.73. The predicted molar refractivity (Wildman–Crippen MR) is 135 cm³/mol. The summed E-state index contributed by atoms with van der Waals surface area (Å²) >= 11 is 0. The Hall–Kier alpha value is -3.55. The predicted octanol–water partition coefficient (Wildman–Crippen LogP) is 4.20. The number of piperidine rings is 1. The van der Waals surface area contributed by atoms with E-state index in [1.165, 1.54) is 6.08 Å². The van der Waals surface area contributed by atoms with Gasteiger partial charge in [0.1, 0.15) is 5.75 Å². The number of carbonyl (C=O) groups excluding carboxylic acids is 3. The number of ether oxygens (including phenoxy) is 2. The fourth-order valence-corrected chi connectivity index (χ4v) is 4.65. The molecule has 1 fully saturated rings. The largest absolute Gasteiger partial charge is 0.495 e. The van der Waals surface area contributed by atoms with Crippen LogP contribution in [0.1, 0.15) is 54.0 Å². The molecule has 0 saturated carbocycles. The summed E-state index contributed by atoms with van der Waals surface area (Å²) in [6.45, 7) is 9.61. The molecule has 8 heteroatoms. The van der Waals surface area contributed by atoms with Crippen molar-refractivity contribution in [1.82, 2.24) is 9.47 Å². The van der Waals surface area contributed by atoms with Gasteiger partial charge in [0.2, 0.25) is 11.8 Å². The van der Waals surface area contributed by atoms with Crippen LogP contribution in [-0.4, -0.2) is 54.1 Å². The van der Waals surface area contributed by atoms with Crippen LogP contribution in [0.25, 0.3) is 6.08 Å². The van der Waals surface area contributed by atoms with Gasteiger partial charge >= 0.3 is 5.97 Å². The van der Waals surface area contributed by atoms with E-state index in [2.05, 4.69) is 5.32 Å². The van der Waals surface area contributed by atoms with Gasteiger partial charge in [0, 0.05) is 48.6 Å². The first-order chi connectivity index (χ1) is 16.8. The third-order valence-corrected chi connectivity index (χ3v) is 6.56. The van der Waals surface area contributed by atoms with Crippen molar-refractivity contribution < 1.29 is 23.9 Å². The lowest BCUT2D eigenvalue weighted by molar-refractivity contribution is -0.130. The van der Waals surface area contributed by atoms with Crippen molar-refractivity contribution >= 4 is 29.5 Å². The quantitative estimate of drug-likeness (QED) is 0.451. The molecule has 1 aliphatic heterocycles. The zero-order valence-electron chi connectivity index (χ0n) is 21.2. The molecule has 8 nitrogen and oxygen atoms in total. The topological polar surface area (TPSA) is 89.9 Å². The van der Waals surface area contributed by atoms with Crippen LogP contribution in [0.4, 0.5) is 5.69 Å². The minimum Gasteiger partial charge on any atom is -0.495 e.